The van der Waals surface area contributed by atoms with Crippen molar-refractivity contribution in [1.82, 2.24) is 15.1 Å². The SMILES string of the molecule is CCCNC(CCc1ccnn1C)C1CCCCCC1. The fourth-order valence-electron chi connectivity index (χ4n) is 3.50. The van der Waals surface area contributed by atoms with E-state index in [9.17, 15) is 0 Å². The molecule has 1 aromatic heterocycles. The number of nitrogens with one attached hydrogen (secondary N) is 1. The Hall–Kier alpha value is -0.830. The molecule has 1 unspecified atom stereocenters. The van der Waals surface area contributed by atoms with E-state index in [4.69, 9.17) is 0 Å². The zero-order valence-electron chi connectivity index (χ0n) is 13.3. The maximum Gasteiger partial charge on any atom is 0.0492 e. The normalized spacial score (nSPS) is 18.9. The molecule has 3 nitrogen and oxygen atoms in total. The summed E-state index contributed by atoms with van der Waals surface area (Å²) >= 11 is 0. The number of hydrogen-bond acceptors (Lipinski definition) is 2. The molecule has 114 valence electrons. The third-order valence-electron chi connectivity index (χ3n) is 4.76. The second kappa shape index (κ2) is 8.46. The average Bonchev–Trinajstić information content (AvgIpc) is 2.70. The van der Waals surface area contributed by atoms with Crippen LogP contribution in [0.4, 0.5) is 0 Å². The number of aryl methyl sites for hydroxylation is 2. The van der Waals surface area contributed by atoms with Crippen molar-refractivity contribution in [1.29, 1.82) is 0 Å². The molecule has 1 atom stereocenters. The summed E-state index contributed by atoms with van der Waals surface area (Å²) in [7, 11) is 2.05. The van der Waals surface area contributed by atoms with Gasteiger partial charge in [0.2, 0.25) is 0 Å². The van der Waals surface area contributed by atoms with E-state index in [0.717, 1.165) is 18.9 Å². The summed E-state index contributed by atoms with van der Waals surface area (Å²) in [5, 5.41) is 8.10. The smallest absolute Gasteiger partial charge is 0.0492 e. The molecule has 0 bridgehead atoms. The van der Waals surface area contributed by atoms with E-state index in [1.807, 2.05) is 10.9 Å². The van der Waals surface area contributed by atoms with Crippen LogP contribution < -0.4 is 5.32 Å². The maximum atomic E-state index is 4.28. The van der Waals surface area contributed by atoms with Crippen LogP contribution in [0, 0.1) is 5.92 Å². The minimum atomic E-state index is 0.697. The molecule has 1 aliphatic carbocycles. The Morgan fingerprint density at radius 1 is 1.30 bits per heavy atom. The van der Waals surface area contributed by atoms with Gasteiger partial charge in [0.1, 0.15) is 0 Å². The molecule has 0 amide bonds. The number of hydrogen-bond donors (Lipinski definition) is 1. The summed E-state index contributed by atoms with van der Waals surface area (Å²) in [6, 6.07) is 2.85. The summed E-state index contributed by atoms with van der Waals surface area (Å²) < 4.78 is 2.02. The monoisotopic (exact) mass is 277 g/mol. The highest BCUT2D eigenvalue weighted by Crippen LogP contribution is 2.27. The molecule has 0 aliphatic heterocycles. The molecule has 1 fully saturated rings. The van der Waals surface area contributed by atoms with Crippen molar-refractivity contribution >= 4 is 0 Å². The Morgan fingerprint density at radius 3 is 2.65 bits per heavy atom. The summed E-state index contributed by atoms with van der Waals surface area (Å²) in [6.45, 7) is 3.42. The number of nitrogens with zero attached hydrogens (tertiary/aromatic N) is 2. The van der Waals surface area contributed by atoms with E-state index >= 15 is 0 Å². The predicted octanol–water partition coefficient (Wildman–Crippen LogP) is 3.69. The molecule has 0 aromatic carbocycles. The predicted molar refractivity (Wildman–Crippen MR) is 84.8 cm³/mol. The third kappa shape index (κ3) is 4.62. The van der Waals surface area contributed by atoms with E-state index in [1.165, 1.54) is 57.1 Å². The van der Waals surface area contributed by atoms with Crippen LogP contribution in [0.2, 0.25) is 0 Å². The fraction of sp³-hybridized carbons (Fsp3) is 0.824. The van der Waals surface area contributed by atoms with E-state index in [0.29, 0.717) is 6.04 Å². The van der Waals surface area contributed by atoms with Crippen LogP contribution >= 0.6 is 0 Å². The largest absolute Gasteiger partial charge is 0.314 e. The lowest BCUT2D eigenvalue weighted by Crippen LogP contribution is -2.37. The zero-order chi connectivity index (χ0) is 14.2. The molecule has 1 N–H and O–H groups in total. The van der Waals surface area contributed by atoms with Gasteiger partial charge in [-0.1, -0.05) is 32.6 Å². The molecular weight excluding hydrogens is 246 g/mol. The molecule has 1 aromatic rings. The van der Waals surface area contributed by atoms with Crippen LogP contribution in [-0.2, 0) is 13.5 Å². The van der Waals surface area contributed by atoms with Gasteiger partial charge in [0.05, 0.1) is 0 Å². The topological polar surface area (TPSA) is 29.9 Å². The van der Waals surface area contributed by atoms with Crippen molar-refractivity contribution in [2.75, 3.05) is 6.54 Å². The molecule has 1 heterocycles. The second-order valence-corrected chi connectivity index (χ2v) is 6.30. The molecule has 0 spiro atoms. The van der Waals surface area contributed by atoms with E-state index in [1.54, 1.807) is 0 Å². The minimum absolute atomic E-state index is 0.697. The average molecular weight is 277 g/mol. The van der Waals surface area contributed by atoms with Crippen molar-refractivity contribution in [3.05, 3.63) is 18.0 Å². The Morgan fingerprint density at radius 2 is 2.05 bits per heavy atom. The van der Waals surface area contributed by atoms with Crippen molar-refractivity contribution in [3.63, 3.8) is 0 Å². The van der Waals surface area contributed by atoms with Crippen LogP contribution in [0.3, 0.4) is 0 Å². The van der Waals surface area contributed by atoms with Crippen molar-refractivity contribution in [2.24, 2.45) is 13.0 Å². The minimum Gasteiger partial charge on any atom is -0.314 e. The van der Waals surface area contributed by atoms with Crippen molar-refractivity contribution in [3.8, 4) is 0 Å². The quantitative estimate of drug-likeness (QED) is 0.770. The Kier molecular flexibility index (Phi) is 6.58. The van der Waals surface area contributed by atoms with Gasteiger partial charge in [0, 0.05) is 25.0 Å². The summed E-state index contributed by atoms with van der Waals surface area (Å²) in [5.74, 6) is 0.886. The van der Waals surface area contributed by atoms with Crippen LogP contribution in [0.1, 0.15) is 64.0 Å². The summed E-state index contributed by atoms with van der Waals surface area (Å²) in [5.41, 5.74) is 1.36. The highest BCUT2D eigenvalue weighted by Gasteiger charge is 2.22. The molecule has 1 saturated carbocycles. The van der Waals surface area contributed by atoms with E-state index in [-0.39, 0.29) is 0 Å². The van der Waals surface area contributed by atoms with Gasteiger partial charge < -0.3 is 5.32 Å². The van der Waals surface area contributed by atoms with Gasteiger partial charge in [-0.3, -0.25) is 4.68 Å². The van der Waals surface area contributed by atoms with Gasteiger partial charge in [-0.2, -0.15) is 5.10 Å². The summed E-state index contributed by atoms with van der Waals surface area (Å²) in [4.78, 5) is 0. The fourth-order valence-corrected chi connectivity index (χ4v) is 3.50. The molecular formula is C17H31N3. The van der Waals surface area contributed by atoms with E-state index in [2.05, 4.69) is 30.5 Å². The molecule has 2 rings (SSSR count). The highest BCUT2D eigenvalue weighted by molar-refractivity contribution is 5.00. The van der Waals surface area contributed by atoms with E-state index < -0.39 is 0 Å². The molecule has 0 radical (unpaired) electrons. The van der Waals surface area contributed by atoms with Gasteiger partial charge in [-0.05, 0) is 50.6 Å². The Balaban J connectivity index is 1.90. The zero-order valence-corrected chi connectivity index (χ0v) is 13.3. The Bertz CT molecular complexity index is 364. The Labute approximate surface area is 124 Å². The maximum absolute atomic E-state index is 4.28. The van der Waals surface area contributed by atoms with Crippen molar-refractivity contribution < 1.29 is 0 Å². The third-order valence-corrected chi connectivity index (χ3v) is 4.76. The molecule has 20 heavy (non-hydrogen) atoms. The van der Waals surface area contributed by atoms with Gasteiger partial charge in [0.25, 0.3) is 0 Å². The van der Waals surface area contributed by atoms with Crippen LogP contribution in [0.25, 0.3) is 0 Å². The van der Waals surface area contributed by atoms with Gasteiger partial charge in [-0.15, -0.1) is 0 Å². The second-order valence-electron chi connectivity index (χ2n) is 6.30. The summed E-state index contributed by atoms with van der Waals surface area (Å²) in [6.07, 6.45) is 14.1. The van der Waals surface area contributed by atoms with Crippen LogP contribution in [-0.4, -0.2) is 22.4 Å². The van der Waals surface area contributed by atoms with Gasteiger partial charge in [-0.25, -0.2) is 0 Å². The first-order chi connectivity index (χ1) is 9.81. The lowest BCUT2D eigenvalue weighted by molar-refractivity contribution is 0.303. The first-order valence-electron chi connectivity index (χ1n) is 8.51. The van der Waals surface area contributed by atoms with Gasteiger partial charge in [0.15, 0.2) is 0 Å². The first-order valence-corrected chi connectivity index (χ1v) is 8.51. The van der Waals surface area contributed by atoms with Crippen molar-refractivity contribution in [2.45, 2.75) is 70.8 Å². The molecule has 1 aliphatic rings. The van der Waals surface area contributed by atoms with Crippen LogP contribution in [0.5, 0.6) is 0 Å². The highest BCUT2D eigenvalue weighted by atomic mass is 15.2. The number of rotatable bonds is 7. The number of aromatic nitrogens is 2. The lowest BCUT2D eigenvalue weighted by Gasteiger charge is -2.27. The first kappa shape index (κ1) is 15.6. The molecule has 0 saturated heterocycles. The molecule has 3 heteroatoms. The lowest BCUT2D eigenvalue weighted by atomic mass is 9.88. The van der Waals surface area contributed by atoms with Gasteiger partial charge >= 0.3 is 0 Å². The standard InChI is InChI=1S/C17H31N3/c1-3-13-18-17(15-8-6-4-5-7-9-15)11-10-16-12-14-19-20(16)2/h12,14-15,17-18H,3-11,13H2,1-2H3. The van der Waals surface area contributed by atoms with Crippen LogP contribution in [0.15, 0.2) is 12.3 Å².